The molecule has 0 atom stereocenters. The van der Waals surface area contributed by atoms with Gasteiger partial charge < -0.3 is 10.6 Å². The van der Waals surface area contributed by atoms with Crippen LogP contribution in [0.4, 0.5) is 5.95 Å². The Bertz CT molecular complexity index is 585. The van der Waals surface area contributed by atoms with E-state index in [1.165, 1.54) is 0 Å². The standard InChI is InChI=1S/C14H15N5O/c1-2-6-16-13(20)12-5-9-17-14(19-12)18-10-11-3-7-15-8-4-11/h2-5,7-9H,1,6,10H2,(H,16,20)(H,17,18,19). The highest BCUT2D eigenvalue weighted by atomic mass is 16.1. The van der Waals surface area contributed by atoms with Gasteiger partial charge in [0.05, 0.1) is 0 Å². The Morgan fingerprint density at radius 3 is 2.80 bits per heavy atom. The predicted molar refractivity (Wildman–Crippen MR) is 76.1 cm³/mol. The van der Waals surface area contributed by atoms with E-state index in [0.717, 1.165) is 5.56 Å². The van der Waals surface area contributed by atoms with Gasteiger partial charge in [-0.2, -0.15) is 0 Å². The molecule has 6 heteroatoms. The molecule has 0 saturated carbocycles. The van der Waals surface area contributed by atoms with Crippen LogP contribution in [-0.4, -0.2) is 27.4 Å². The summed E-state index contributed by atoms with van der Waals surface area (Å²) in [5, 5.41) is 5.73. The summed E-state index contributed by atoms with van der Waals surface area (Å²) in [6.45, 7) is 4.52. The van der Waals surface area contributed by atoms with Crippen LogP contribution in [0.25, 0.3) is 0 Å². The average Bonchev–Trinajstić information content (AvgIpc) is 2.52. The van der Waals surface area contributed by atoms with Crippen molar-refractivity contribution in [3.63, 3.8) is 0 Å². The molecule has 0 spiro atoms. The van der Waals surface area contributed by atoms with Gasteiger partial charge in [-0.3, -0.25) is 9.78 Å². The van der Waals surface area contributed by atoms with E-state index in [1.807, 2.05) is 12.1 Å². The molecule has 0 aliphatic carbocycles. The van der Waals surface area contributed by atoms with E-state index in [0.29, 0.717) is 24.7 Å². The van der Waals surface area contributed by atoms with Crippen molar-refractivity contribution < 1.29 is 4.79 Å². The third-order valence-electron chi connectivity index (χ3n) is 2.50. The molecule has 2 rings (SSSR count). The zero-order chi connectivity index (χ0) is 14.2. The number of hydrogen-bond acceptors (Lipinski definition) is 5. The fraction of sp³-hybridized carbons (Fsp3) is 0.143. The van der Waals surface area contributed by atoms with Gasteiger partial charge in [-0.25, -0.2) is 9.97 Å². The molecule has 102 valence electrons. The number of anilines is 1. The minimum Gasteiger partial charge on any atom is -0.350 e. The predicted octanol–water partition coefficient (Wildman–Crippen LogP) is 1.40. The minimum atomic E-state index is -0.251. The van der Waals surface area contributed by atoms with E-state index < -0.39 is 0 Å². The van der Waals surface area contributed by atoms with E-state index >= 15 is 0 Å². The normalized spacial score (nSPS) is 9.80. The van der Waals surface area contributed by atoms with Crippen LogP contribution < -0.4 is 10.6 Å². The van der Waals surface area contributed by atoms with Crippen molar-refractivity contribution in [2.24, 2.45) is 0 Å². The van der Waals surface area contributed by atoms with Crippen LogP contribution in [0.1, 0.15) is 16.1 Å². The first-order valence-corrected chi connectivity index (χ1v) is 6.14. The second-order valence-corrected chi connectivity index (χ2v) is 3.97. The van der Waals surface area contributed by atoms with Crippen molar-refractivity contribution in [1.82, 2.24) is 20.3 Å². The van der Waals surface area contributed by atoms with Crippen LogP contribution in [0.3, 0.4) is 0 Å². The molecule has 20 heavy (non-hydrogen) atoms. The number of nitrogens with zero attached hydrogens (tertiary/aromatic N) is 3. The molecule has 0 aromatic carbocycles. The molecule has 2 heterocycles. The molecule has 0 fully saturated rings. The van der Waals surface area contributed by atoms with Crippen molar-refractivity contribution in [1.29, 1.82) is 0 Å². The lowest BCUT2D eigenvalue weighted by atomic mass is 10.3. The molecule has 0 saturated heterocycles. The van der Waals surface area contributed by atoms with Crippen LogP contribution >= 0.6 is 0 Å². The number of carbonyl (C=O) groups is 1. The highest BCUT2D eigenvalue weighted by Gasteiger charge is 2.07. The summed E-state index contributed by atoms with van der Waals surface area (Å²) in [6, 6.07) is 5.36. The van der Waals surface area contributed by atoms with Gasteiger partial charge >= 0.3 is 0 Å². The van der Waals surface area contributed by atoms with Crippen molar-refractivity contribution in [3.8, 4) is 0 Å². The second-order valence-electron chi connectivity index (χ2n) is 3.97. The Labute approximate surface area is 117 Å². The van der Waals surface area contributed by atoms with Crippen LogP contribution in [-0.2, 0) is 6.54 Å². The summed E-state index contributed by atoms with van der Waals surface area (Å²) in [5.41, 5.74) is 1.38. The van der Waals surface area contributed by atoms with E-state index in [2.05, 4.69) is 32.2 Å². The largest absolute Gasteiger partial charge is 0.350 e. The van der Waals surface area contributed by atoms with Crippen LogP contribution in [0.15, 0.2) is 49.4 Å². The highest BCUT2D eigenvalue weighted by molar-refractivity contribution is 5.92. The summed E-state index contributed by atoms with van der Waals surface area (Å²) < 4.78 is 0. The first kappa shape index (κ1) is 13.7. The Kier molecular flexibility index (Phi) is 4.77. The highest BCUT2D eigenvalue weighted by Crippen LogP contribution is 2.04. The minimum absolute atomic E-state index is 0.251. The van der Waals surface area contributed by atoms with Gasteiger partial charge in [0.25, 0.3) is 5.91 Å². The van der Waals surface area contributed by atoms with Gasteiger partial charge in [-0.15, -0.1) is 6.58 Å². The van der Waals surface area contributed by atoms with Crippen LogP contribution in [0, 0.1) is 0 Å². The third-order valence-corrected chi connectivity index (χ3v) is 2.50. The molecule has 2 aromatic heterocycles. The molecule has 0 radical (unpaired) electrons. The van der Waals surface area contributed by atoms with E-state index in [4.69, 9.17) is 0 Å². The van der Waals surface area contributed by atoms with E-state index in [9.17, 15) is 4.79 Å². The topological polar surface area (TPSA) is 79.8 Å². The molecule has 1 amide bonds. The zero-order valence-electron chi connectivity index (χ0n) is 10.9. The first-order chi connectivity index (χ1) is 9.79. The first-order valence-electron chi connectivity index (χ1n) is 6.14. The molecule has 0 aliphatic heterocycles. The Hall–Kier alpha value is -2.76. The molecule has 2 aromatic rings. The summed E-state index contributed by atoms with van der Waals surface area (Å²) in [7, 11) is 0. The number of aromatic nitrogens is 3. The summed E-state index contributed by atoms with van der Waals surface area (Å²) >= 11 is 0. The number of hydrogen-bond donors (Lipinski definition) is 2. The Morgan fingerprint density at radius 2 is 2.05 bits per heavy atom. The lowest BCUT2D eigenvalue weighted by Crippen LogP contribution is -2.24. The number of amides is 1. The van der Waals surface area contributed by atoms with Crippen molar-refractivity contribution in [2.45, 2.75) is 6.54 Å². The molecule has 0 bridgehead atoms. The summed E-state index contributed by atoms with van der Waals surface area (Å²) in [4.78, 5) is 23.9. The summed E-state index contributed by atoms with van der Waals surface area (Å²) in [6.07, 6.45) is 6.60. The molecule has 0 aliphatic rings. The Morgan fingerprint density at radius 1 is 1.25 bits per heavy atom. The number of nitrogens with one attached hydrogen (secondary N) is 2. The van der Waals surface area contributed by atoms with E-state index in [-0.39, 0.29) is 5.91 Å². The smallest absolute Gasteiger partial charge is 0.270 e. The lowest BCUT2D eigenvalue weighted by molar-refractivity contribution is 0.0953. The molecular weight excluding hydrogens is 254 g/mol. The fourth-order valence-electron chi connectivity index (χ4n) is 1.51. The van der Waals surface area contributed by atoms with Gasteiger partial charge in [-0.05, 0) is 23.8 Å². The van der Waals surface area contributed by atoms with Crippen LogP contribution in [0.5, 0.6) is 0 Å². The lowest BCUT2D eigenvalue weighted by Gasteiger charge is -2.06. The van der Waals surface area contributed by atoms with Crippen molar-refractivity contribution >= 4 is 11.9 Å². The molecular formula is C14H15N5O. The van der Waals surface area contributed by atoms with Gasteiger partial charge in [0.2, 0.25) is 5.95 Å². The zero-order valence-corrected chi connectivity index (χ0v) is 10.9. The van der Waals surface area contributed by atoms with Gasteiger partial charge in [0.1, 0.15) is 5.69 Å². The van der Waals surface area contributed by atoms with Gasteiger partial charge in [-0.1, -0.05) is 6.08 Å². The van der Waals surface area contributed by atoms with Gasteiger partial charge in [0.15, 0.2) is 0 Å². The van der Waals surface area contributed by atoms with E-state index in [1.54, 1.807) is 30.7 Å². The number of carbonyl (C=O) groups excluding carboxylic acids is 1. The number of rotatable bonds is 6. The third kappa shape index (κ3) is 3.88. The van der Waals surface area contributed by atoms with Crippen molar-refractivity contribution in [2.75, 3.05) is 11.9 Å². The fourth-order valence-corrected chi connectivity index (χ4v) is 1.51. The average molecular weight is 269 g/mol. The monoisotopic (exact) mass is 269 g/mol. The Balaban J connectivity index is 1.99. The molecule has 6 nitrogen and oxygen atoms in total. The molecule has 0 unspecified atom stereocenters. The SMILES string of the molecule is C=CCNC(=O)c1ccnc(NCc2ccncc2)n1. The maximum Gasteiger partial charge on any atom is 0.270 e. The number of pyridine rings is 1. The van der Waals surface area contributed by atoms with Gasteiger partial charge in [0, 0.05) is 31.7 Å². The van der Waals surface area contributed by atoms with Crippen molar-refractivity contribution in [3.05, 3.63) is 60.7 Å². The second kappa shape index (κ2) is 6.98. The maximum absolute atomic E-state index is 11.7. The quantitative estimate of drug-likeness (QED) is 0.775. The molecule has 2 N–H and O–H groups in total. The van der Waals surface area contributed by atoms with Crippen LogP contribution in [0.2, 0.25) is 0 Å². The maximum atomic E-state index is 11.7. The summed E-state index contributed by atoms with van der Waals surface area (Å²) in [5.74, 6) is 0.160.